The zero-order valence-electron chi connectivity index (χ0n) is 16.2. The first-order valence-corrected chi connectivity index (χ1v) is 12.9. The van der Waals surface area contributed by atoms with Crippen LogP contribution >= 0.6 is 39.0 Å². The quantitative estimate of drug-likeness (QED) is 0.344. The van der Waals surface area contributed by atoms with Gasteiger partial charge in [-0.1, -0.05) is 27.7 Å². The fourth-order valence-electron chi connectivity index (χ4n) is 4.21. The van der Waals surface area contributed by atoms with Crippen LogP contribution in [0.1, 0.15) is 42.5 Å². The molecule has 0 radical (unpaired) electrons. The molecular formula is C22H23BrN2O2S2. The van der Waals surface area contributed by atoms with Crippen molar-refractivity contribution in [2.24, 2.45) is 0 Å². The van der Waals surface area contributed by atoms with Gasteiger partial charge in [-0.2, -0.15) is 0 Å². The summed E-state index contributed by atoms with van der Waals surface area (Å²) in [6.45, 7) is 0.842. The lowest BCUT2D eigenvalue weighted by atomic mass is 9.97. The third-order valence-electron chi connectivity index (χ3n) is 5.72. The Bertz CT molecular complexity index is 1080. The summed E-state index contributed by atoms with van der Waals surface area (Å²) < 4.78 is 8.72. The highest BCUT2D eigenvalue weighted by atomic mass is 79.9. The number of hydrogen-bond acceptors (Lipinski definition) is 5. The van der Waals surface area contributed by atoms with Gasteiger partial charge in [0.2, 0.25) is 0 Å². The monoisotopic (exact) mass is 490 g/mol. The van der Waals surface area contributed by atoms with Gasteiger partial charge in [0.05, 0.1) is 17.2 Å². The van der Waals surface area contributed by atoms with E-state index in [-0.39, 0.29) is 11.7 Å². The summed E-state index contributed by atoms with van der Waals surface area (Å²) in [7, 11) is 0. The fourth-order valence-corrected chi connectivity index (χ4v) is 6.85. The van der Waals surface area contributed by atoms with Crippen LogP contribution in [0, 0.1) is 0 Å². The lowest BCUT2D eigenvalue weighted by Crippen LogP contribution is -2.24. The highest BCUT2D eigenvalue weighted by Crippen LogP contribution is 2.35. The summed E-state index contributed by atoms with van der Waals surface area (Å²) in [5.41, 5.74) is 2.19. The van der Waals surface area contributed by atoms with E-state index in [1.54, 1.807) is 23.1 Å². The second-order valence-electron chi connectivity index (χ2n) is 7.70. The van der Waals surface area contributed by atoms with Crippen LogP contribution in [0.25, 0.3) is 15.9 Å². The second kappa shape index (κ2) is 8.53. The molecule has 5 rings (SSSR count). The van der Waals surface area contributed by atoms with Gasteiger partial charge in [-0.3, -0.25) is 9.36 Å². The standard InChI is InChI=1S/C22H23BrN2O2S2/c23-14-8-10-15(11-9-14)25-21(26)19-17-6-1-2-7-18(17)29-20(19)24-22(25)28-13-16-5-3-4-12-27-16/h8-11,16H,1-7,12-13H2/t16-/m1/s1. The lowest BCUT2D eigenvalue weighted by molar-refractivity contribution is 0.0315. The summed E-state index contributed by atoms with van der Waals surface area (Å²) in [4.78, 5) is 21.0. The Hall–Kier alpha value is -1.15. The molecule has 0 amide bonds. The largest absolute Gasteiger partial charge is 0.377 e. The molecule has 3 aromatic rings. The predicted molar refractivity (Wildman–Crippen MR) is 124 cm³/mol. The van der Waals surface area contributed by atoms with E-state index in [0.717, 1.165) is 70.0 Å². The van der Waals surface area contributed by atoms with E-state index in [1.807, 2.05) is 28.8 Å². The van der Waals surface area contributed by atoms with Gasteiger partial charge in [0.25, 0.3) is 5.56 Å². The van der Waals surface area contributed by atoms with Crippen molar-refractivity contribution in [1.82, 2.24) is 9.55 Å². The smallest absolute Gasteiger partial charge is 0.267 e. The van der Waals surface area contributed by atoms with Gasteiger partial charge in [0, 0.05) is 21.7 Å². The number of fused-ring (bicyclic) bond motifs is 3. The molecule has 0 unspecified atom stereocenters. The molecule has 4 nitrogen and oxygen atoms in total. The van der Waals surface area contributed by atoms with E-state index < -0.39 is 0 Å². The lowest BCUT2D eigenvalue weighted by Gasteiger charge is -2.22. The molecule has 7 heteroatoms. The maximum Gasteiger partial charge on any atom is 0.267 e. The summed E-state index contributed by atoms with van der Waals surface area (Å²) >= 11 is 6.87. The summed E-state index contributed by atoms with van der Waals surface area (Å²) in [6, 6.07) is 7.93. The molecular weight excluding hydrogens is 468 g/mol. The third-order valence-corrected chi connectivity index (χ3v) is 8.50. The molecule has 1 atom stereocenters. The van der Waals surface area contributed by atoms with Crippen molar-refractivity contribution < 1.29 is 4.74 Å². The first-order valence-electron chi connectivity index (χ1n) is 10.3. The van der Waals surface area contributed by atoms with Gasteiger partial charge in [0.15, 0.2) is 5.16 Å². The Kier molecular flexibility index (Phi) is 5.82. The van der Waals surface area contributed by atoms with Crippen molar-refractivity contribution in [3.63, 3.8) is 0 Å². The van der Waals surface area contributed by atoms with E-state index in [0.29, 0.717) is 0 Å². The average Bonchev–Trinajstić information content (AvgIpc) is 3.13. The minimum atomic E-state index is 0.0729. The maximum atomic E-state index is 13.7. The van der Waals surface area contributed by atoms with E-state index in [9.17, 15) is 4.79 Å². The van der Waals surface area contributed by atoms with Gasteiger partial charge < -0.3 is 4.74 Å². The molecule has 1 fully saturated rings. The Balaban J connectivity index is 1.62. The van der Waals surface area contributed by atoms with Crippen LogP contribution in [0.5, 0.6) is 0 Å². The van der Waals surface area contributed by atoms with Crippen LogP contribution in [0.2, 0.25) is 0 Å². The van der Waals surface area contributed by atoms with Crippen molar-refractivity contribution in [3.8, 4) is 5.69 Å². The number of thiophene rings is 1. The van der Waals surface area contributed by atoms with Crippen LogP contribution in [-0.4, -0.2) is 28.0 Å². The summed E-state index contributed by atoms with van der Waals surface area (Å²) in [5, 5.41) is 1.61. The minimum Gasteiger partial charge on any atom is -0.377 e. The number of nitrogens with zero attached hydrogens (tertiary/aromatic N) is 2. The van der Waals surface area contributed by atoms with Gasteiger partial charge in [-0.05, 0) is 74.8 Å². The van der Waals surface area contributed by atoms with E-state index in [2.05, 4.69) is 15.9 Å². The average molecular weight is 491 g/mol. The molecule has 152 valence electrons. The SMILES string of the molecule is O=c1c2c3c(sc2nc(SC[C@H]2CCCCO2)n1-c1ccc(Br)cc1)CCCC3. The van der Waals surface area contributed by atoms with Crippen LogP contribution in [-0.2, 0) is 17.6 Å². The molecule has 2 aromatic heterocycles. The van der Waals surface area contributed by atoms with Crippen LogP contribution < -0.4 is 5.56 Å². The molecule has 0 N–H and O–H groups in total. The highest BCUT2D eigenvalue weighted by Gasteiger charge is 2.24. The Morgan fingerprint density at radius 1 is 1.17 bits per heavy atom. The summed E-state index contributed by atoms with van der Waals surface area (Å²) in [5.74, 6) is 0.833. The molecule has 1 aromatic carbocycles. The minimum absolute atomic E-state index is 0.0729. The number of rotatable bonds is 4. The van der Waals surface area contributed by atoms with E-state index in [4.69, 9.17) is 9.72 Å². The maximum absolute atomic E-state index is 13.7. The number of aryl methyl sites for hydroxylation is 2. The van der Waals surface area contributed by atoms with E-state index in [1.165, 1.54) is 23.3 Å². The molecule has 1 aliphatic carbocycles. The van der Waals surface area contributed by atoms with Gasteiger partial charge >= 0.3 is 0 Å². The zero-order chi connectivity index (χ0) is 19.8. The highest BCUT2D eigenvalue weighted by molar-refractivity contribution is 9.10. The number of thioether (sulfide) groups is 1. The van der Waals surface area contributed by atoms with Crippen molar-refractivity contribution >= 4 is 49.2 Å². The first kappa shape index (κ1) is 19.8. The Morgan fingerprint density at radius 2 is 2.00 bits per heavy atom. The van der Waals surface area contributed by atoms with Crippen LogP contribution in [0.15, 0.2) is 38.7 Å². The predicted octanol–water partition coefficient (Wildman–Crippen LogP) is 5.75. The number of aromatic nitrogens is 2. The summed E-state index contributed by atoms with van der Waals surface area (Å²) in [6.07, 6.45) is 8.14. The van der Waals surface area contributed by atoms with Crippen molar-refractivity contribution in [1.29, 1.82) is 0 Å². The van der Waals surface area contributed by atoms with Gasteiger partial charge in [0.1, 0.15) is 4.83 Å². The Morgan fingerprint density at radius 3 is 2.79 bits per heavy atom. The normalized spacial score (nSPS) is 19.4. The van der Waals surface area contributed by atoms with Crippen molar-refractivity contribution in [2.75, 3.05) is 12.4 Å². The van der Waals surface area contributed by atoms with E-state index >= 15 is 0 Å². The third kappa shape index (κ3) is 3.94. The number of benzene rings is 1. The molecule has 0 saturated carbocycles. The van der Waals surface area contributed by atoms with Crippen LogP contribution in [0.4, 0.5) is 0 Å². The number of halogens is 1. The topological polar surface area (TPSA) is 44.1 Å². The number of hydrogen-bond donors (Lipinski definition) is 0. The van der Waals surface area contributed by atoms with Crippen LogP contribution in [0.3, 0.4) is 0 Å². The molecule has 0 spiro atoms. The van der Waals surface area contributed by atoms with Gasteiger partial charge in [-0.15, -0.1) is 11.3 Å². The second-order valence-corrected chi connectivity index (χ2v) is 10.7. The zero-order valence-corrected chi connectivity index (χ0v) is 19.4. The molecule has 1 saturated heterocycles. The Labute approximate surface area is 186 Å². The molecule has 0 bridgehead atoms. The first-order chi connectivity index (χ1) is 14.2. The molecule has 2 aliphatic rings. The number of ether oxygens (including phenoxy) is 1. The van der Waals surface area contributed by atoms with Gasteiger partial charge in [-0.25, -0.2) is 4.98 Å². The molecule has 1 aliphatic heterocycles. The fraction of sp³-hybridized carbons (Fsp3) is 0.455. The molecule has 29 heavy (non-hydrogen) atoms. The molecule has 3 heterocycles. The van der Waals surface area contributed by atoms with Crippen molar-refractivity contribution in [2.45, 2.75) is 56.2 Å². The van der Waals surface area contributed by atoms with Crippen molar-refractivity contribution in [3.05, 3.63) is 49.5 Å².